The van der Waals surface area contributed by atoms with Crippen molar-refractivity contribution >= 4 is 22.7 Å². The number of hydrogen-bond donors (Lipinski definition) is 3. The van der Waals surface area contributed by atoms with Crippen LogP contribution in [0.15, 0.2) is 54.7 Å². The van der Waals surface area contributed by atoms with E-state index < -0.39 is 12.0 Å². The second-order valence-corrected chi connectivity index (χ2v) is 8.14. The normalized spacial score (nSPS) is 12.2. The molecule has 1 heterocycles. The summed E-state index contributed by atoms with van der Waals surface area (Å²) in [4.78, 5) is 27.3. The summed E-state index contributed by atoms with van der Waals surface area (Å²) >= 11 is 0. The molecule has 0 aliphatic rings. The van der Waals surface area contributed by atoms with Crippen molar-refractivity contribution in [3.63, 3.8) is 0 Å². The van der Waals surface area contributed by atoms with Crippen molar-refractivity contribution in [2.75, 3.05) is 13.2 Å². The maximum Gasteiger partial charge on any atom is 0.321 e. The number of ether oxygens (including phenoxy) is 1. The molecule has 3 rings (SSSR count). The van der Waals surface area contributed by atoms with Crippen molar-refractivity contribution in [2.45, 2.75) is 39.2 Å². The third-order valence-electron chi connectivity index (χ3n) is 5.28. The number of nitrogens with one attached hydrogen (secondary N) is 2. The predicted octanol–water partition coefficient (Wildman–Crippen LogP) is 4.45. The number of carbonyl (C=O) groups excluding carboxylic acids is 1. The van der Waals surface area contributed by atoms with Crippen LogP contribution in [0.5, 0.6) is 5.75 Å². The van der Waals surface area contributed by atoms with Gasteiger partial charge >= 0.3 is 5.97 Å². The number of hydrogen-bond acceptors (Lipinski definition) is 4. The topological polar surface area (TPSA) is 91.4 Å². The van der Waals surface area contributed by atoms with Crippen LogP contribution in [0.4, 0.5) is 0 Å². The number of aromatic nitrogens is 1. The molecule has 6 nitrogen and oxygen atoms in total. The third kappa shape index (κ3) is 6.43. The van der Waals surface area contributed by atoms with E-state index in [1.54, 1.807) is 24.3 Å². The van der Waals surface area contributed by atoms with Crippen LogP contribution in [0, 0.1) is 5.92 Å². The fourth-order valence-corrected chi connectivity index (χ4v) is 3.42. The monoisotopic (exact) mass is 422 g/mol. The molecular formula is C25H30N2O4. The van der Waals surface area contributed by atoms with Crippen LogP contribution >= 0.6 is 0 Å². The summed E-state index contributed by atoms with van der Waals surface area (Å²) in [5, 5.41) is 13.6. The average molecular weight is 423 g/mol. The summed E-state index contributed by atoms with van der Waals surface area (Å²) < 4.78 is 5.68. The standard InChI is InChI=1S/C25H30N2O4/c1-17(2)12-14-31-20-9-7-18(8-10-20)24(28)11-13-26-23(25(29)30)15-19-16-27-22-6-4-3-5-21(19)22/h3-10,16-17,23,26-27H,11-15H2,1-2H3,(H,29,30)/t23-/m1/s1. The molecule has 0 saturated carbocycles. The second kappa shape index (κ2) is 10.8. The molecule has 0 aliphatic heterocycles. The van der Waals surface area contributed by atoms with E-state index in [1.165, 1.54) is 0 Å². The Morgan fingerprint density at radius 2 is 1.84 bits per heavy atom. The molecule has 3 aromatic rings. The SMILES string of the molecule is CC(C)CCOc1ccc(C(=O)CCN[C@H](Cc2c[nH]c3ccccc23)C(=O)O)cc1. The lowest BCUT2D eigenvalue weighted by Gasteiger charge is -2.14. The Morgan fingerprint density at radius 1 is 1.10 bits per heavy atom. The molecule has 1 atom stereocenters. The first-order valence-corrected chi connectivity index (χ1v) is 10.7. The van der Waals surface area contributed by atoms with E-state index in [1.807, 2.05) is 30.5 Å². The van der Waals surface area contributed by atoms with Gasteiger partial charge in [0.2, 0.25) is 0 Å². The van der Waals surface area contributed by atoms with Crippen molar-refractivity contribution in [1.82, 2.24) is 10.3 Å². The van der Waals surface area contributed by atoms with Gasteiger partial charge in [0.05, 0.1) is 6.61 Å². The summed E-state index contributed by atoms with van der Waals surface area (Å²) in [6.45, 7) is 5.25. The van der Waals surface area contributed by atoms with E-state index in [9.17, 15) is 14.7 Å². The number of H-pyrrole nitrogens is 1. The van der Waals surface area contributed by atoms with Crippen LogP contribution in [0.25, 0.3) is 10.9 Å². The Morgan fingerprint density at radius 3 is 2.55 bits per heavy atom. The highest BCUT2D eigenvalue weighted by Crippen LogP contribution is 2.19. The summed E-state index contributed by atoms with van der Waals surface area (Å²) in [6, 6.07) is 14.2. The van der Waals surface area contributed by atoms with Crippen LogP contribution < -0.4 is 10.1 Å². The summed E-state index contributed by atoms with van der Waals surface area (Å²) in [5.41, 5.74) is 2.52. The minimum atomic E-state index is -0.930. The average Bonchev–Trinajstić information content (AvgIpc) is 3.16. The smallest absolute Gasteiger partial charge is 0.321 e. The van der Waals surface area contributed by atoms with Crippen molar-refractivity contribution in [1.29, 1.82) is 0 Å². The summed E-state index contributed by atoms with van der Waals surface area (Å²) in [5.74, 6) is 0.372. The van der Waals surface area contributed by atoms with Crippen LogP contribution in [0.3, 0.4) is 0 Å². The van der Waals surface area contributed by atoms with Crippen LogP contribution in [-0.4, -0.2) is 41.0 Å². The molecule has 0 saturated heterocycles. The molecular weight excluding hydrogens is 392 g/mol. The first-order chi connectivity index (χ1) is 14.9. The lowest BCUT2D eigenvalue weighted by Crippen LogP contribution is -2.39. The lowest BCUT2D eigenvalue weighted by atomic mass is 10.0. The molecule has 0 aliphatic carbocycles. The molecule has 164 valence electrons. The zero-order valence-electron chi connectivity index (χ0n) is 18.1. The number of Topliss-reactive ketones (excluding diaryl/α,β-unsaturated/α-hetero) is 1. The van der Waals surface area contributed by atoms with Crippen molar-refractivity contribution in [3.8, 4) is 5.75 Å². The Hall–Kier alpha value is -3.12. The number of ketones is 1. The fraction of sp³-hybridized carbons (Fsp3) is 0.360. The Labute approximate surface area is 182 Å². The first-order valence-electron chi connectivity index (χ1n) is 10.7. The highest BCUT2D eigenvalue weighted by Gasteiger charge is 2.19. The van der Waals surface area contributed by atoms with Gasteiger partial charge in [-0.2, -0.15) is 0 Å². The van der Waals surface area contributed by atoms with Crippen LogP contribution in [-0.2, 0) is 11.2 Å². The maximum absolute atomic E-state index is 12.5. The van der Waals surface area contributed by atoms with Crippen LogP contribution in [0.2, 0.25) is 0 Å². The molecule has 0 unspecified atom stereocenters. The summed E-state index contributed by atoms with van der Waals surface area (Å²) in [6.07, 6.45) is 3.40. The minimum absolute atomic E-state index is 0.0301. The molecule has 1 aromatic heterocycles. The Bertz CT molecular complexity index is 1010. The maximum atomic E-state index is 12.5. The van der Waals surface area contributed by atoms with E-state index in [0.717, 1.165) is 28.6 Å². The minimum Gasteiger partial charge on any atom is -0.494 e. The number of carboxylic acids is 1. The van der Waals surface area contributed by atoms with Gasteiger partial charge in [-0.3, -0.25) is 9.59 Å². The molecule has 31 heavy (non-hydrogen) atoms. The molecule has 3 N–H and O–H groups in total. The number of aliphatic carboxylic acids is 1. The number of benzene rings is 2. The number of carboxylic acid groups (broad SMARTS) is 1. The zero-order chi connectivity index (χ0) is 22.2. The van der Waals surface area contributed by atoms with Gasteiger partial charge in [0.1, 0.15) is 11.8 Å². The van der Waals surface area contributed by atoms with E-state index in [0.29, 0.717) is 31.1 Å². The molecule has 0 spiro atoms. The molecule has 0 bridgehead atoms. The van der Waals surface area contributed by atoms with Gasteiger partial charge in [-0.25, -0.2) is 0 Å². The van der Waals surface area contributed by atoms with Crippen molar-refractivity contribution < 1.29 is 19.4 Å². The highest BCUT2D eigenvalue weighted by atomic mass is 16.5. The molecule has 2 aromatic carbocycles. The quantitative estimate of drug-likeness (QED) is 0.375. The summed E-state index contributed by atoms with van der Waals surface area (Å²) in [7, 11) is 0. The van der Waals surface area contributed by atoms with Gasteiger partial charge < -0.3 is 20.1 Å². The van der Waals surface area contributed by atoms with Crippen molar-refractivity contribution in [3.05, 3.63) is 65.9 Å². The largest absolute Gasteiger partial charge is 0.494 e. The van der Waals surface area contributed by atoms with E-state index in [-0.39, 0.29) is 12.2 Å². The van der Waals surface area contributed by atoms with Crippen molar-refractivity contribution in [2.24, 2.45) is 5.92 Å². The molecule has 0 fully saturated rings. The third-order valence-corrected chi connectivity index (χ3v) is 5.28. The van der Waals surface area contributed by atoms with Crippen LogP contribution in [0.1, 0.15) is 42.6 Å². The van der Waals surface area contributed by atoms with E-state index in [2.05, 4.69) is 24.1 Å². The molecule has 0 amide bonds. The Balaban J connectivity index is 1.50. The van der Waals surface area contributed by atoms with Gasteiger partial charge in [-0.1, -0.05) is 32.0 Å². The number of para-hydroxylation sites is 1. The van der Waals surface area contributed by atoms with Gasteiger partial charge in [-0.05, 0) is 48.2 Å². The van der Waals surface area contributed by atoms with Gasteiger partial charge in [0, 0.05) is 42.0 Å². The highest BCUT2D eigenvalue weighted by molar-refractivity contribution is 5.96. The zero-order valence-corrected chi connectivity index (χ0v) is 18.1. The van der Waals surface area contributed by atoms with E-state index in [4.69, 9.17) is 4.74 Å². The molecule has 0 radical (unpaired) electrons. The second-order valence-electron chi connectivity index (χ2n) is 8.14. The Kier molecular flexibility index (Phi) is 7.84. The number of fused-ring (bicyclic) bond motifs is 1. The predicted molar refractivity (Wildman–Crippen MR) is 122 cm³/mol. The van der Waals surface area contributed by atoms with Gasteiger partial charge in [-0.15, -0.1) is 0 Å². The molecule has 6 heteroatoms. The first kappa shape index (κ1) is 22.6. The number of rotatable bonds is 12. The fourth-order valence-electron chi connectivity index (χ4n) is 3.42. The van der Waals surface area contributed by atoms with Gasteiger partial charge in [0.25, 0.3) is 0 Å². The lowest BCUT2D eigenvalue weighted by molar-refractivity contribution is -0.139. The van der Waals surface area contributed by atoms with Gasteiger partial charge in [0.15, 0.2) is 5.78 Å². The number of carbonyl (C=O) groups is 2. The number of aromatic amines is 1. The van der Waals surface area contributed by atoms with E-state index >= 15 is 0 Å².